The fourth-order valence-corrected chi connectivity index (χ4v) is 7.23. The number of anilines is 2. The quantitative estimate of drug-likeness (QED) is 0.0467. The monoisotopic (exact) mass is 820 g/mol. The highest BCUT2D eigenvalue weighted by molar-refractivity contribution is 7.86. The van der Waals surface area contributed by atoms with Crippen molar-refractivity contribution in [3.05, 3.63) is 97.1 Å². The molecule has 56 heavy (non-hydrogen) atoms. The highest BCUT2D eigenvalue weighted by Crippen LogP contribution is 2.43. The summed E-state index contributed by atoms with van der Waals surface area (Å²) < 4.78 is 158. The van der Waals surface area contributed by atoms with Gasteiger partial charge in [-0.15, -0.1) is 46.8 Å². The van der Waals surface area contributed by atoms with Gasteiger partial charge < -0.3 is 20.9 Å². The van der Waals surface area contributed by atoms with E-state index in [1.807, 2.05) is 0 Å². The zero-order valence-corrected chi connectivity index (χ0v) is 29.2. The molecule has 22 heteroatoms. The van der Waals surface area contributed by atoms with E-state index in [0.29, 0.717) is 0 Å². The number of nitrogen functional groups attached to an aromatic ring is 2. The van der Waals surface area contributed by atoms with Gasteiger partial charge in [0.15, 0.2) is 11.5 Å². The standard InChI is InChI=1S/C34H22F6N6O8S2/c35-33(36,37)53-27-15-17(9-11-23(27)43-45-25-13-19-5-1-3-7-21(19)31(29(25)41)55(47,48)49)18-10-12-24(28(16-18)54-34(38,39)40)44-46-26-14-20-6-2-4-8-22(20)32(30(26)42)56(50,51)52/h1-16H,41-42H2,(H,47,48,49)(H,50,51,52). The first-order valence-corrected chi connectivity index (χ1v) is 18.2. The van der Waals surface area contributed by atoms with E-state index in [1.165, 1.54) is 60.7 Å². The van der Waals surface area contributed by atoms with Gasteiger partial charge in [-0.25, -0.2) is 0 Å². The number of nitrogens with zero attached hydrogens (tertiary/aromatic N) is 4. The van der Waals surface area contributed by atoms with E-state index in [1.54, 1.807) is 0 Å². The zero-order valence-electron chi connectivity index (χ0n) is 27.6. The molecule has 0 heterocycles. The van der Waals surface area contributed by atoms with Gasteiger partial charge in [0.05, 0.1) is 11.4 Å². The first-order chi connectivity index (χ1) is 26.1. The molecule has 0 aliphatic heterocycles. The van der Waals surface area contributed by atoms with Crippen LogP contribution in [0.2, 0.25) is 0 Å². The first kappa shape index (κ1) is 39.3. The van der Waals surface area contributed by atoms with Crippen LogP contribution in [0.3, 0.4) is 0 Å². The molecule has 6 rings (SSSR count). The number of hydrogen-bond donors (Lipinski definition) is 4. The summed E-state index contributed by atoms with van der Waals surface area (Å²) in [5.74, 6) is -1.98. The van der Waals surface area contributed by atoms with Crippen molar-refractivity contribution in [2.45, 2.75) is 22.5 Å². The lowest BCUT2D eigenvalue weighted by molar-refractivity contribution is -0.275. The molecule has 0 unspecified atom stereocenters. The van der Waals surface area contributed by atoms with E-state index in [2.05, 4.69) is 29.9 Å². The molecule has 6 aromatic carbocycles. The van der Waals surface area contributed by atoms with Crippen molar-refractivity contribution in [2.75, 3.05) is 11.5 Å². The molecule has 0 saturated heterocycles. The molecule has 0 aliphatic carbocycles. The third-order valence-corrected chi connectivity index (χ3v) is 9.70. The first-order valence-electron chi connectivity index (χ1n) is 15.3. The normalized spacial score (nSPS) is 12.9. The van der Waals surface area contributed by atoms with Crippen LogP contribution in [0.1, 0.15) is 0 Å². The maximum atomic E-state index is 13.5. The Morgan fingerprint density at radius 1 is 0.500 bits per heavy atom. The van der Waals surface area contributed by atoms with Crippen LogP contribution in [-0.4, -0.2) is 38.7 Å². The zero-order chi connectivity index (χ0) is 40.8. The molecule has 0 atom stereocenters. The van der Waals surface area contributed by atoms with Gasteiger partial charge in [0.2, 0.25) is 0 Å². The van der Waals surface area contributed by atoms with Gasteiger partial charge in [-0.05, 0) is 58.3 Å². The number of alkyl halides is 6. The fourth-order valence-electron chi connectivity index (χ4n) is 5.53. The predicted octanol–water partition coefficient (Wildman–Crippen LogP) is 9.95. The number of fused-ring (bicyclic) bond motifs is 2. The molecular weight excluding hydrogens is 799 g/mol. The SMILES string of the molecule is Nc1c(N=Nc2ccc(-c3ccc(N=Nc4cc5ccccc5c(S(=O)(=O)O)c4N)c(OC(F)(F)F)c3)cc2OC(F)(F)F)cc2ccccc2c1S(=O)(=O)O. The maximum absolute atomic E-state index is 13.5. The molecule has 0 aliphatic rings. The summed E-state index contributed by atoms with van der Waals surface area (Å²) >= 11 is 0. The Morgan fingerprint density at radius 3 is 1.18 bits per heavy atom. The topological polar surface area (TPSA) is 229 Å². The highest BCUT2D eigenvalue weighted by atomic mass is 32.2. The molecule has 0 bridgehead atoms. The molecule has 290 valence electrons. The number of benzene rings is 6. The number of azo groups is 2. The lowest BCUT2D eigenvalue weighted by atomic mass is 10.0. The molecule has 14 nitrogen and oxygen atoms in total. The van der Waals surface area contributed by atoms with Crippen LogP contribution in [0.5, 0.6) is 11.5 Å². The average Bonchev–Trinajstić information content (AvgIpc) is 3.08. The number of rotatable bonds is 9. The van der Waals surface area contributed by atoms with E-state index < -0.39 is 77.0 Å². The molecule has 0 radical (unpaired) electrons. The summed E-state index contributed by atoms with van der Waals surface area (Å²) in [4.78, 5) is -1.43. The minimum Gasteiger partial charge on any atom is -0.403 e. The number of hydrogen-bond acceptors (Lipinski definition) is 12. The van der Waals surface area contributed by atoms with Crippen LogP contribution in [0.15, 0.2) is 127 Å². The molecule has 0 aromatic heterocycles. The van der Waals surface area contributed by atoms with Gasteiger partial charge in [0.1, 0.15) is 32.5 Å². The van der Waals surface area contributed by atoms with Gasteiger partial charge >= 0.3 is 12.7 Å². The molecule has 0 spiro atoms. The maximum Gasteiger partial charge on any atom is 0.573 e. The Morgan fingerprint density at radius 2 is 0.839 bits per heavy atom. The minimum absolute atomic E-state index is 0.0300. The summed E-state index contributed by atoms with van der Waals surface area (Å²) in [5.41, 5.74) is 8.62. The summed E-state index contributed by atoms with van der Waals surface area (Å²) in [6.45, 7) is 0. The predicted molar refractivity (Wildman–Crippen MR) is 190 cm³/mol. The van der Waals surface area contributed by atoms with Crippen LogP contribution in [0, 0.1) is 0 Å². The van der Waals surface area contributed by atoms with Gasteiger partial charge in [0, 0.05) is 10.8 Å². The Balaban J connectivity index is 1.42. The minimum atomic E-state index is -5.31. The van der Waals surface area contributed by atoms with Gasteiger partial charge in [0.25, 0.3) is 20.2 Å². The van der Waals surface area contributed by atoms with E-state index >= 15 is 0 Å². The lowest BCUT2D eigenvalue weighted by Crippen LogP contribution is -2.17. The smallest absolute Gasteiger partial charge is 0.403 e. The summed E-state index contributed by atoms with van der Waals surface area (Å²) in [5, 5.41) is 15.6. The van der Waals surface area contributed by atoms with Crippen LogP contribution in [0.25, 0.3) is 32.7 Å². The van der Waals surface area contributed by atoms with Crippen molar-refractivity contribution in [1.82, 2.24) is 0 Å². The molecule has 6 N–H and O–H groups in total. The Bertz CT molecular complexity index is 2640. The van der Waals surface area contributed by atoms with E-state index in [-0.39, 0.29) is 44.0 Å². The van der Waals surface area contributed by atoms with Crippen molar-refractivity contribution in [2.24, 2.45) is 20.5 Å². The largest absolute Gasteiger partial charge is 0.573 e. The van der Waals surface area contributed by atoms with Gasteiger partial charge in [-0.3, -0.25) is 9.11 Å². The Labute approximate surface area is 311 Å². The van der Waals surface area contributed by atoms with Crippen molar-refractivity contribution in [3.8, 4) is 22.6 Å². The third-order valence-electron chi connectivity index (χ3n) is 7.79. The molecule has 0 amide bonds. The molecule has 0 saturated carbocycles. The second-order valence-electron chi connectivity index (χ2n) is 11.5. The van der Waals surface area contributed by atoms with Crippen LogP contribution in [-0.2, 0) is 20.2 Å². The van der Waals surface area contributed by atoms with Crippen molar-refractivity contribution in [3.63, 3.8) is 0 Å². The van der Waals surface area contributed by atoms with Gasteiger partial charge in [-0.2, -0.15) is 16.8 Å². The molecular formula is C34H22F6N6O8S2. The van der Waals surface area contributed by atoms with E-state index in [4.69, 9.17) is 11.5 Å². The van der Waals surface area contributed by atoms with Crippen molar-refractivity contribution < 1.29 is 61.8 Å². The number of nitrogens with two attached hydrogens (primary N) is 2. The second-order valence-corrected chi connectivity index (χ2v) is 14.2. The lowest BCUT2D eigenvalue weighted by Gasteiger charge is -2.15. The summed E-state index contributed by atoms with van der Waals surface area (Å²) in [6.07, 6.45) is -10.6. The molecule has 6 aromatic rings. The average molecular weight is 821 g/mol. The third kappa shape index (κ3) is 8.62. The van der Waals surface area contributed by atoms with E-state index in [9.17, 15) is 52.3 Å². The van der Waals surface area contributed by atoms with Crippen molar-refractivity contribution in [1.29, 1.82) is 0 Å². The van der Waals surface area contributed by atoms with Crippen LogP contribution in [0.4, 0.5) is 60.5 Å². The van der Waals surface area contributed by atoms with E-state index in [0.717, 1.165) is 36.4 Å². The second kappa shape index (κ2) is 14.4. The highest BCUT2D eigenvalue weighted by Gasteiger charge is 2.34. The van der Waals surface area contributed by atoms with Gasteiger partial charge in [-0.1, -0.05) is 60.7 Å². The fraction of sp³-hybridized carbons (Fsp3) is 0.0588. The summed E-state index contributed by atoms with van der Waals surface area (Å²) in [7, 11) is -9.83. The Hall–Kier alpha value is -6.36. The Kier molecular flexibility index (Phi) is 10.1. The van der Waals surface area contributed by atoms with Crippen LogP contribution < -0.4 is 20.9 Å². The van der Waals surface area contributed by atoms with Crippen molar-refractivity contribution >= 4 is 75.9 Å². The summed E-state index contributed by atoms with van der Waals surface area (Å²) in [6, 6.07) is 19.9. The van der Waals surface area contributed by atoms with Crippen LogP contribution >= 0.6 is 0 Å². The number of halogens is 6. The molecule has 0 fully saturated rings. The number of ether oxygens (including phenoxy) is 2.